The second-order valence-electron chi connectivity index (χ2n) is 6.67. The molecule has 0 radical (unpaired) electrons. The molecule has 1 saturated carbocycles. The number of aromatic amines is 1. The van der Waals surface area contributed by atoms with Gasteiger partial charge in [0.1, 0.15) is 17.8 Å². The maximum atomic E-state index is 11.9. The third-order valence-electron chi connectivity index (χ3n) is 5.40. The van der Waals surface area contributed by atoms with Crippen LogP contribution in [0.3, 0.4) is 0 Å². The molecule has 3 heterocycles. The van der Waals surface area contributed by atoms with E-state index in [0.717, 1.165) is 36.2 Å². The van der Waals surface area contributed by atoms with Gasteiger partial charge in [0.15, 0.2) is 0 Å². The van der Waals surface area contributed by atoms with Gasteiger partial charge in [0.05, 0.1) is 5.39 Å². The molecule has 2 aromatic heterocycles. The molecular formula is C16H21N5O. The molecule has 3 unspecified atom stereocenters. The monoisotopic (exact) mass is 299 g/mol. The van der Waals surface area contributed by atoms with Gasteiger partial charge in [-0.05, 0) is 30.7 Å². The van der Waals surface area contributed by atoms with Gasteiger partial charge in [-0.1, -0.05) is 0 Å². The average Bonchev–Trinajstić information content (AvgIpc) is 3.13. The Hall–Kier alpha value is -2.11. The zero-order valence-electron chi connectivity index (χ0n) is 13.0. The minimum absolute atomic E-state index is 0.291. The van der Waals surface area contributed by atoms with E-state index in [0.29, 0.717) is 30.2 Å². The van der Waals surface area contributed by atoms with Crippen molar-refractivity contribution in [1.29, 1.82) is 0 Å². The summed E-state index contributed by atoms with van der Waals surface area (Å²) in [7, 11) is 4.03. The SMILES string of the molecule is CN1CC2CC(N(C)c3ncnc4[nH]ccc34)CC2CC1=O. The maximum absolute atomic E-state index is 11.9. The second-order valence-corrected chi connectivity index (χ2v) is 6.67. The van der Waals surface area contributed by atoms with E-state index < -0.39 is 0 Å². The highest BCUT2D eigenvalue weighted by Gasteiger charge is 2.41. The molecule has 1 saturated heterocycles. The van der Waals surface area contributed by atoms with Crippen LogP contribution in [0.4, 0.5) is 5.82 Å². The van der Waals surface area contributed by atoms with Crippen LogP contribution in [0.1, 0.15) is 19.3 Å². The zero-order chi connectivity index (χ0) is 15.3. The predicted octanol–water partition coefficient (Wildman–Crippen LogP) is 1.65. The summed E-state index contributed by atoms with van der Waals surface area (Å²) in [5.41, 5.74) is 0.877. The van der Waals surface area contributed by atoms with Gasteiger partial charge in [0.25, 0.3) is 0 Å². The van der Waals surface area contributed by atoms with Crippen LogP contribution in [-0.2, 0) is 4.79 Å². The molecule has 3 atom stereocenters. The van der Waals surface area contributed by atoms with Gasteiger partial charge >= 0.3 is 0 Å². The molecule has 1 amide bonds. The van der Waals surface area contributed by atoms with Crippen molar-refractivity contribution in [2.45, 2.75) is 25.3 Å². The lowest BCUT2D eigenvalue weighted by Gasteiger charge is -2.31. The molecule has 6 heteroatoms. The summed E-state index contributed by atoms with van der Waals surface area (Å²) in [6.07, 6.45) is 6.43. The van der Waals surface area contributed by atoms with Crippen LogP contribution in [-0.4, -0.2) is 52.4 Å². The molecule has 1 N–H and O–H groups in total. The number of anilines is 1. The van der Waals surface area contributed by atoms with Crippen LogP contribution < -0.4 is 4.90 Å². The number of carbonyl (C=O) groups excluding carboxylic acids is 1. The summed E-state index contributed by atoms with van der Waals surface area (Å²) in [6.45, 7) is 0.900. The Morgan fingerprint density at radius 2 is 2.14 bits per heavy atom. The first-order valence-electron chi connectivity index (χ1n) is 7.88. The van der Waals surface area contributed by atoms with E-state index in [9.17, 15) is 4.79 Å². The topological polar surface area (TPSA) is 65.1 Å². The molecule has 1 aliphatic heterocycles. The molecular weight excluding hydrogens is 278 g/mol. The molecule has 0 bridgehead atoms. The lowest BCUT2D eigenvalue weighted by Crippen LogP contribution is -2.39. The Balaban J connectivity index is 1.58. The van der Waals surface area contributed by atoms with E-state index in [-0.39, 0.29) is 0 Å². The first kappa shape index (κ1) is 13.5. The zero-order valence-corrected chi connectivity index (χ0v) is 13.0. The van der Waals surface area contributed by atoms with Crippen molar-refractivity contribution >= 4 is 22.8 Å². The van der Waals surface area contributed by atoms with Crippen LogP contribution in [0, 0.1) is 11.8 Å². The number of hydrogen-bond donors (Lipinski definition) is 1. The van der Waals surface area contributed by atoms with Crippen LogP contribution in [0.5, 0.6) is 0 Å². The van der Waals surface area contributed by atoms with Crippen molar-refractivity contribution in [1.82, 2.24) is 19.9 Å². The van der Waals surface area contributed by atoms with E-state index in [1.807, 2.05) is 24.2 Å². The van der Waals surface area contributed by atoms with Crippen LogP contribution in [0.25, 0.3) is 11.0 Å². The number of carbonyl (C=O) groups is 1. The predicted molar refractivity (Wildman–Crippen MR) is 84.5 cm³/mol. The molecule has 4 rings (SSSR count). The van der Waals surface area contributed by atoms with Crippen molar-refractivity contribution in [2.24, 2.45) is 11.8 Å². The standard InChI is InChI=1S/C16H21N5O/c1-20-8-11-6-12(5-10(11)7-14(20)22)21(2)16-13-3-4-17-15(13)18-9-19-16/h3-4,9-12H,5-8H2,1-2H3,(H,17,18,19). The van der Waals surface area contributed by atoms with Gasteiger partial charge in [-0.25, -0.2) is 9.97 Å². The van der Waals surface area contributed by atoms with Gasteiger partial charge in [-0.2, -0.15) is 0 Å². The number of hydrogen-bond acceptors (Lipinski definition) is 4. The number of aromatic nitrogens is 3. The lowest BCUT2D eigenvalue weighted by atomic mass is 9.88. The largest absolute Gasteiger partial charge is 0.356 e. The van der Waals surface area contributed by atoms with Gasteiger partial charge in [-0.15, -0.1) is 0 Å². The Morgan fingerprint density at radius 1 is 1.32 bits per heavy atom. The fraction of sp³-hybridized carbons (Fsp3) is 0.562. The molecule has 0 spiro atoms. The number of piperidine rings is 1. The molecule has 1 aliphatic carbocycles. The Labute approximate surface area is 129 Å². The Morgan fingerprint density at radius 3 is 3.00 bits per heavy atom. The third kappa shape index (κ3) is 2.05. The normalized spacial score (nSPS) is 28.2. The molecule has 116 valence electrons. The Kier molecular flexibility index (Phi) is 3.06. The summed E-state index contributed by atoms with van der Waals surface area (Å²) in [6, 6.07) is 2.47. The van der Waals surface area contributed by atoms with Gasteiger partial charge in [-0.3, -0.25) is 4.79 Å². The van der Waals surface area contributed by atoms with Crippen molar-refractivity contribution < 1.29 is 4.79 Å². The van der Waals surface area contributed by atoms with Crippen LogP contribution >= 0.6 is 0 Å². The van der Waals surface area contributed by atoms with E-state index in [4.69, 9.17) is 0 Å². The van der Waals surface area contributed by atoms with E-state index in [1.54, 1.807) is 6.33 Å². The number of nitrogens with one attached hydrogen (secondary N) is 1. The molecule has 6 nitrogen and oxygen atoms in total. The van der Waals surface area contributed by atoms with E-state index >= 15 is 0 Å². The summed E-state index contributed by atoms with van der Waals surface area (Å²) in [5.74, 6) is 2.42. The van der Waals surface area contributed by atoms with Gasteiger partial charge in [0, 0.05) is 39.3 Å². The van der Waals surface area contributed by atoms with Crippen LogP contribution in [0.2, 0.25) is 0 Å². The highest BCUT2D eigenvalue weighted by Crippen LogP contribution is 2.41. The quantitative estimate of drug-likeness (QED) is 0.916. The molecule has 2 fully saturated rings. The smallest absolute Gasteiger partial charge is 0.222 e. The lowest BCUT2D eigenvalue weighted by molar-refractivity contribution is -0.134. The minimum Gasteiger partial charge on any atom is -0.356 e. The summed E-state index contributed by atoms with van der Waals surface area (Å²) >= 11 is 0. The first-order chi connectivity index (χ1) is 10.6. The average molecular weight is 299 g/mol. The summed E-state index contributed by atoms with van der Waals surface area (Å²) < 4.78 is 0. The van der Waals surface area contributed by atoms with Crippen molar-refractivity contribution in [2.75, 3.05) is 25.5 Å². The Bertz CT molecular complexity index is 711. The van der Waals surface area contributed by atoms with Crippen molar-refractivity contribution in [3.63, 3.8) is 0 Å². The first-order valence-corrected chi connectivity index (χ1v) is 7.88. The fourth-order valence-electron chi connectivity index (χ4n) is 4.12. The minimum atomic E-state index is 0.291. The number of fused-ring (bicyclic) bond motifs is 2. The van der Waals surface area contributed by atoms with Gasteiger partial charge in [0.2, 0.25) is 5.91 Å². The molecule has 22 heavy (non-hydrogen) atoms. The molecule has 2 aromatic rings. The molecule has 2 aliphatic rings. The number of likely N-dealkylation sites (tertiary alicyclic amines) is 1. The fourth-order valence-corrected chi connectivity index (χ4v) is 4.12. The van der Waals surface area contributed by atoms with Gasteiger partial charge < -0.3 is 14.8 Å². The van der Waals surface area contributed by atoms with Crippen molar-refractivity contribution in [3.8, 4) is 0 Å². The maximum Gasteiger partial charge on any atom is 0.222 e. The number of nitrogens with zero attached hydrogens (tertiary/aromatic N) is 4. The van der Waals surface area contributed by atoms with E-state index in [2.05, 4.69) is 26.9 Å². The number of amides is 1. The summed E-state index contributed by atoms with van der Waals surface area (Å²) in [4.78, 5) is 28.0. The van der Waals surface area contributed by atoms with Crippen molar-refractivity contribution in [3.05, 3.63) is 18.6 Å². The third-order valence-corrected chi connectivity index (χ3v) is 5.40. The van der Waals surface area contributed by atoms with Crippen LogP contribution in [0.15, 0.2) is 18.6 Å². The number of rotatable bonds is 2. The highest BCUT2D eigenvalue weighted by molar-refractivity contribution is 5.87. The second kappa shape index (κ2) is 4.97. The highest BCUT2D eigenvalue weighted by atomic mass is 16.2. The molecule has 0 aromatic carbocycles. The number of H-pyrrole nitrogens is 1. The van der Waals surface area contributed by atoms with E-state index in [1.165, 1.54) is 0 Å². The summed E-state index contributed by atoms with van der Waals surface area (Å²) in [5, 5.41) is 1.06.